The van der Waals surface area contributed by atoms with Crippen LogP contribution in [0, 0.1) is 5.92 Å². The Balaban J connectivity index is 1.72. The van der Waals surface area contributed by atoms with Crippen LogP contribution in [0.3, 0.4) is 0 Å². The molecule has 1 aromatic carbocycles. The normalized spacial score (nSPS) is 23.4. The summed E-state index contributed by atoms with van der Waals surface area (Å²) >= 11 is 0. The van der Waals surface area contributed by atoms with E-state index in [2.05, 4.69) is 12.1 Å². The van der Waals surface area contributed by atoms with Crippen molar-refractivity contribution in [1.82, 2.24) is 4.90 Å². The van der Waals surface area contributed by atoms with Crippen LogP contribution in [0.25, 0.3) is 0 Å². The standard InChI is InChI=1S/C15H19NO3/c17-9-14-10-19-6-5-16(14)15(18)13-7-11-3-1-2-4-12(11)8-13/h1-4,13-14,17H,5-10H2. The number of benzene rings is 1. The smallest absolute Gasteiger partial charge is 0.226 e. The average molecular weight is 261 g/mol. The van der Waals surface area contributed by atoms with Crippen molar-refractivity contribution in [3.8, 4) is 0 Å². The van der Waals surface area contributed by atoms with Crippen LogP contribution in [0.1, 0.15) is 11.1 Å². The lowest BCUT2D eigenvalue weighted by atomic mass is 10.0. The molecule has 2 aliphatic rings. The van der Waals surface area contributed by atoms with Crippen molar-refractivity contribution in [3.63, 3.8) is 0 Å². The minimum atomic E-state index is -0.176. The zero-order valence-electron chi connectivity index (χ0n) is 10.9. The molecule has 3 rings (SSSR count). The summed E-state index contributed by atoms with van der Waals surface area (Å²) in [6.45, 7) is 1.59. The number of hydrogen-bond donors (Lipinski definition) is 1. The summed E-state index contributed by atoms with van der Waals surface area (Å²) in [6, 6.07) is 8.08. The molecule has 0 bridgehead atoms. The van der Waals surface area contributed by atoms with Crippen LogP contribution in [0.2, 0.25) is 0 Å². The van der Waals surface area contributed by atoms with Gasteiger partial charge in [-0.15, -0.1) is 0 Å². The van der Waals surface area contributed by atoms with E-state index in [4.69, 9.17) is 4.74 Å². The van der Waals surface area contributed by atoms with Crippen molar-refractivity contribution in [1.29, 1.82) is 0 Å². The quantitative estimate of drug-likeness (QED) is 0.849. The first-order valence-corrected chi connectivity index (χ1v) is 6.85. The molecule has 1 aromatic rings. The largest absolute Gasteiger partial charge is 0.394 e. The predicted molar refractivity (Wildman–Crippen MR) is 70.7 cm³/mol. The van der Waals surface area contributed by atoms with Gasteiger partial charge in [-0.2, -0.15) is 0 Å². The lowest BCUT2D eigenvalue weighted by molar-refractivity contribution is -0.145. The summed E-state index contributed by atoms with van der Waals surface area (Å²) in [7, 11) is 0. The third-order valence-electron chi connectivity index (χ3n) is 4.12. The fourth-order valence-corrected chi connectivity index (χ4v) is 3.06. The zero-order valence-corrected chi connectivity index (χ0v) is 10.9. The molecule has 0 radical (unpaired) electrons. The van der Waals surface area contributed by atoms with Crippen LogP contribution < -0.4 is 0 Å². The summed E-state index contributed by atoms with van der Waals surface area (Å²) in [5.41, 5.74) is 2.57. The van der Waals surface area contributed by atoms with Gasteiger partial charge in [0.2, 0.25) is 5.91 Å². The van der Waals surface area contributed by atoms with Crippen LogP contribution in [0.5, 0.6) is 0 Å². The van der Waals surface area contributed by atoms with Crippen molar-refractivity contribution in [2.75, 3.05) is 26.4 Å². The molecule has 1 atom stereocenters. The number of rotatable bonds is 2. The van der Waals surface area contributed by atoms with Crippen molar-refractivity contribution >= 4 is 5.91 Å². The molecule has 1 N–H and O–H groups in total. The van der Waals surface area contributed by atoms with Crippen molar-refractivity contribution in [2.24, 2.45) is 5.92 Å². The van der Waals surface area contributed by atoms with Gasteiger partial charge >= 0.3 is 0 Å². The number of ether oxygens (including phenoxy) is 1. The number of aliphatic hydroxyl groups is 1. The SMILES string of the molecule is O=C(C1Cc2ccccc2C1)N1CCOCC1CO. The topological polar surface area (TPSA) is 49.8 Å². The molecule has 1 amide bonds. The number of amides is 1. The first-order chi connectivity index (χ1) is 9.29. The molecule has 0 spiro atoms. The highest BCUT2D eigenvalue weighted by molar-refractivity contribution is 5.81. The van der Waals surface area contributed by atoms with Gasteiger partial charge < -0.3 is 14.7 Å². The van der Waals surface area contributed by atoms with Crippen LogP contribution >= 0.6 is 0 Å². The maximum Gasteiger partial charge on any atom is 0.226 e. The van der Waals surface area contributed by atoms with Crippen LogP contribution in [0.4, 0.5) is 0 Å². The molecular weight excluding hydrogens is 242 g/mol. The molecule has 1 saturated heterocycles. The molecule has 1 fully saturated rings. The molecule has 1 aliphatic carbocycles. The Hall–Kier alpha value is -1.39. The fourth-order valence-electron chi connectivity index (χ4n) is 3.06. The Bertz CT molecular complexity index is 449. The summed E-state index contributed by atoms with van der Waals surface area (Å²) < 4.78 is 5.32. The molecular formula is C15H19NO3. The summed E-state index contributed by atoms with van der Waals surface area (Å²) in [5, 5.41) is 9.35. The van der Waals surface area contributed by atoms with Gasteiger partial charge in [0.25, 0.3) is 0 Å². The molecule has 19 heavy (non-hydrogen) atoms. The zero-order chi connectivity index (χ0) is 13.2. The highest BCUT2D eigenvalue weighted by Gasteiger charge is 2.34. The van der Waals surface area contributed by atoms with Crippen molar-refractivity contribution < 1.29 is 14.6 Å². The molecule has 102 valence electrons. The van der Waals surface area contributed by atoms with Gasteiger partial charge in [-0.25, -0.2) is 0 Å². The van der Waals surface area contributed by atoms with Crippen molar-refractivity contribution in [2.45, 2.75) is 18.9 Å². The predicted octanol–water partition coefficient (Wildman–Crippen LogP) is 0.621. The Labute approximate surface area is 113 Å². The second-order valence-electron chi connectivity index (χ2n) is 5.32. The van der Waals surface area contributed by atoms with E-state index in [1.54, 1.807) is 4.90 Å². The summed E-state index contributed by atoms with van der Waals surface area (Å²) in [4.78, 5) is 14.4. The Kier molecular flexibility index (Phi) is 3.53. The number of morpholine rings is 1. The molecule has 4 heteroatoms. The van der Waals surface area contributed by atoms with E-state index >= 15 is 0 Å². The Morgan fingerprint density at radius 3 is 2.63 bits per heavy atom. The van der Waals surface area contributed by atoms with Gasteiger partial charge in [-0.3, -0.25) is 4.79 Å². The Morgan fingerprint density at radius 1 is 1.32 bits per heavy atom. The minimum Gasteiger partial charge on any atom is -0.394 e. The highest BCUT2D eigenvalue weighted by Crippen LogP contribution is 2.28. The van der Waals surface area contributed by atoms with E-state index in [9.17, 15) is 9.90 Å². The monoisotopic (exact) mass is 261 g/mol. The number of aliphatic hydroxyl groups excluding tert-OH is 1. The van der Waals surface area contributed by atoms with E-state index < -0.39 is 0 Å². The van der Waals surface area contributed by atoms with Gasteiger partial charge in [0.15, 0.2) is 0 Å². The third-order valence-corrected chi connectivity index (χ3v) is 4.12. The van der Waals surface area contributed by atoms with E-state index in [1.807, 2.05) is 12.1 Å². The molecule has 4 nitrogen and oxygen atoms in total. The highest BCUT2D eigenvalue weighted by atomic mass is 16.5. The number of hydrogen-bond acceptors (Lipinski definition) is 3. The lowest BCUT2D eigenvalue weighted by Crippen LogP contribution is -2.52. The van der Waals surface area contributed by atoms with Crippen molar-refractivity contribution in [3.05, 3.63) is 35.4 Å². The van der Waals surface area contributed by atoms with Gasteiger partial charge in [-0.05, 0) is 24.0 Å². The van der Waals surface area contributed by atoms with E-state index in [0.29, 0.717) is 19.8 Å². The second-order valence-corrected chi connectivity index (χ2v) is 5.32. The molecule has 0 aromatic heterocycles. The maximum atomic E-state index is 12.6. The third kappa shape index (κ3) is 2.38. The van der Waals surface area contributed by atoms with E-state index in [0.717, 1.165) is 12.8 Å². The summed E-state index contributed by atoms with van der Waals surface area (Å²) in [6.07, 6.45) is 1.65. The summed E-state index contributed by atoms with van der Waals surface area (Å²) in [5.74, 6) is 0.197. The van der Waals surface area contributed by atoms with Crippen LogP contribution in [-0.4, -0.2) is 48.3 Å². The molecule has 0 saturated carbocycles. The van der Waals surface area contributed by atoms with Crippen LogP contribution in [0.15, 0.2) is 24.3 Å². The fraction of sp³-hybridized carbons (Fsp3) is 0.533. The van der Waals surface area contributed by atoms with E-state index in [1.165, 1.54) is 11.1 Å². The number of carbonyl (C=O) groups is 1. The first-order valence-electron chi connectivity index (χ1n) is 6.85. The number of fused-ring (bicyclic) bond motifs is 1. The lowest BCUT2D eigenvalue weighted by Gasteiger charge is -2.36. The molecule has 1 unspecified atom stereocenters. The molecule has 1 aliphatic heterocycles. The van der Waals surface area contributed by atoms with Crippen LogP contribution in [-0.2, 0) is 22.4 Å². The molecule has 1 heterocycles. The van der Waals surface area contributed by atoms with Gasteiger partial charge in [0, 0.05) is 12.5 Å². The maximum absolute atomic E-state index is 12.6. The van der Waals surface area contributed by atoms with Gasteiger partial charge in [0.1, 0.15) is 0 Å². The van der Waals surface area contributed by atoms with Gasteiger partial charge in [-0.1, -0.05) is 24.3 Å². The first kappa shape index (κ1) is 12.6. The number of carbonyl (C=O) groups excluding carboxylic acids is 1. The Morgan fingerprint density at radius 2 is 2.00 bits per heavy atom. The minimum absolute atomic E-state index is 0.0224. The average Bonchev–Trinajstić information content (AvgIpc) is 2.90. The van der Waals surface area contributed by atoms with Gasteiger partial charge in [0.05, 0.1) is 25.9 Å². The number of nitrogens with zero attached hydrogens (tertiary/aromatic N) is 1. The second kappa shape index (κ2) is 5.31. The van der Waals surface area contributed by atoms with E-state index in [-0.39, 0.29) is 24.5 Å².